The highest BCUT2D eigenvalue weighted by molar-refractivity contribution is 6.04. The molecule has 1 heterocycles. The summed E-state index contributed by atoms with van der Waals surface area (Å²) in [5.74, 6) is -1.07. The minimum Gasteiger partial charge on any atom is -0.438 e. The summed E-state index contributed by atoms with van der Waals surface area (Å²) in [5.41, 5.74) is 4.16. The molecule has 5 rings (SSSR count). The number of hydrogen-bond acceptors (Lipinski definition) is 4. The largest absolute Gasteiger partial charge is 0.438 e. The second kappa shape index (κ2) is 11.8. The van der Waals surface area contributed by atoms with Gasteiger partial charge in [-0.2, -0.15) is 0 Å². The molecule has 1 saturated heterocycles. The lowest BCUT2D eigenvalue weighted by Gasteiger charge is -2.24. The number of hydrogen-bond donors (Lipinski definition) is 2. The molecular formula is C32H28FN3O4. The van der Waals surface area contributed by atoms with E-state index in [1.807, 2.05) is 49.4 Å². The number of cyclic esters (lactones) is 1. The van der Waals surface area contributed by atoms with Gasteiger partial charge in [0.05, 0.1) is 6.54 Å². The number of carbonyl (C=O) groups excluding carboxylic acids is 3. The van der Waals surface area contributed by atoms with Crippen LogP contribution in [-0.4, -0.2) is 28.8 Å². The van der Waals surface area contributed by atoms with Gasteiger partial charge in [0.1, 0.15) is 5.82 Å². The molecule has 0 bridgehead atoms. The summed E-state index contributed by atoms with van der Waals surface area (Å²) >= 11 is 0. The topological polar surface area (TPSA) is 87.7 Å². The highest BCUT2D eigenvalue weighted by atomic mass is 19.1. The van der Waals surface area contributed by atoms with E-state index in [2.05, 4.69) is 10.6 Å². The zero-order valence-electron chi connectivity index (χ0n) is 21.8. The third-order valence-corrected chi connectivity index (χ3v) is 6.72. The van der Waals surface area contributed by atoms with Crippen molar-refractivity contribution in [1.29, 1.82) is 0 Å². The molecule has 2 N–H and O–H groups in total. The summed E-state index contributed by atoms with van der Waals surface area (Å²) in [4.78, 5) is 40.8. The Kier molecular flexibility index (Phi) is 7.87. The van der Waals surface area contributed by atoms with Crippen molar-refractivity contribution in [2.45, 2.75) is 32.2 Å². The second-order valence-electron chi connectivity index (χ2n) is 9.65. The van der Waals surface area contributed by atoms with E-state index in [0.717, 1.165) is 11.1 Å². The summed E-state index contributed by atoms with van der Waals surface area (Å²) in [6, 6.07) is 28.3. The van der Waals surface area contributed by atoms with Gasteiger partial charge in [0.25, 0.3) is 5.91 Å². The van der Waals surface area contributed by atoms with Crippen molar-refractivity contribution >= 4 is 23.6 Å². The van der Waals surface area contributed by atoms with Gasteiger partial charge in [0, 0.05) is 17.8 Å². The van der Waals surface area contributed by atoms with Gasteiger partial charge in [-0.3, -0.25) is 14.5 Å². The lowest BCUT2D eigenvalue weighted by molar-refractivity contribution is -0.126. The number of rotatable bonds is 8. The van der Waals surface area contributed by atoms with E-state index in [-0.39, 0.29) is 19.0 Å². The maximum absolute atomic E-state index is 13.6. The van der Waals surface area contributed by atoms with E-state index in [1.165, 1.54) is 17.0 Å². The summed E-state index contributed by atoms with van der Waals surface area (Å²) in [5, 5.41) is 5.79. The van der Waals surface area contributed by atoms with Crippen LogP contribution in [0.2, 0.25) is 0 Å². The predicted octanol–water partition coefficient (Wildman–Crippen LogP) is 5.76. The van der Waals surface area contributed by atoms with Gasteiger partial charge in [-0.05, 0) is 60.0 Å². The van der Waals surface area contributed by atoms with Crippen molar-refractivity contribution in [1.82, 2.24) is 10.2 Å². The number of carbonyl (C=O) groups is 3. The number of anilines is 1. The Morgan fingerprint density at radius 2 is 1.60 bits per heavy atom. The van der Waals surface area contributed by atoms with Gasteiger partial charge in [0.2, 0.25) is 5.91 Å². The number of ether oxygens (including phenoxy) is 1. The maximum atomic E-state index is 13.6. The fourth-order valence-corrected chi connectivity index (χ4v) is 4.59. The van der Waals surface area contributed by atoms with Crippen molar-refractivity contribution in [3.63, 3.8) is 0 Å². The summed E-state index contributed by atoms with van der Waals surface area (Å²) < 4.78 is 19.2. The van der Waals surface area contributed by atoms with Crippen LogP contribution in [-0.2, 0) is 22.6 Å². The Morgan fingerprint density at radius 3 is 2.33 bits per heavy atom. The number of aryl methyl sites for hydroxylation is 1. The van der Waals surface area contributed by atoms with Gasteiger partial charge in [0.15, 0.2) is 12.1 Å². The molecule has 202 valence electrons. The SMILES string of the molecule is Cc1ccc(C(=O)Nc2cccc([C@H]3OC(=O)N(Cc4ccc(F)cc4)[C@H]3C(=O)NCc3ccccc3)c2)cc1. The van der Waals surface area contributed by atoms with Crippen LogP contribution in [0.3, 0.4) is 0 Å². The fraction of sp³-hybridized carbons (Fsp3) is 0.156. The highest BCUT2D eigenvalue weighted by Gasteiger charge is 2.47. The Labute approximate surface area is 231 Å². The molecule has 40 heavy (non-hydrogen) atoms. The number of nitrogens with one attached hydrogen (secondary N) is 2. The zero-order chi connectivity index (χ0) is 28.1. The van der Waals surface area contributed by atoms with Crippen LogP contribution in [0.4, 0.5) is 14.9 Å². The van der Waals surface area contributed by atoms with E-state index < -0.39 is 30.0 Å². The van der Waals surface area contributed by atoms with Crippen LogP contribution in [0.15, 0.2) is 103 Å². The molecule has 0 aliphatic carbocycles. The summed E-state index contributed by atoms with van der Waals surface area (Å²) in [6.07, 6.45) is -1.59. The molecule has 8 heteroatoms. The first kappa shape index (κ1) is 26.6. The predicted molar refractivity (Wildman–Crippen MR) is 149 cm³/mol. The van der Waals surface area contributed by atoms with E-state index in [1.54, 1.807) is 48.5 Å². The Hall–Kier alpha value is -4.98. The van der Waals surface area contributed by atoms with Gasteiger partial charge in [-0.15, -0.1) is 0 Å². The van der Waals surface area contributed by atoms with Crippen molar-refractivity contribution in [2.24, 2.45) is 0 Å². The van der Waals surface area contributed by atoms with E-state index in [9.17, 15) is 18.8 Å². The molecule has 4 aromatic rings. The first-order chi connectivity index (χ1) is 19.4. The molecule has 1 fully saturated rings. The van der Waals surface area contributed by atoms with Crippen LogP contribution in [0.25, 0.3) is 0 Å². The monoisotopic (exact) mass is 537 g/mol. The molecule has 1 aliphatic rings. The van der Waals surface area contributed by atoms with E-state index in [0.29, 0.717) is 22.4 Å². The van der Waals surface area contributed by atoms with Crippen LogP contribution in [0.1, 0.15) is 38.7 Å². The molecule has 0 spiro atoms. The third kappa shape index (κ3) is 6.18. The van der Waals surface area contributed by atoms with Crippen molar-refractivity contribution in [3.8, 4) is 0 Å². The van der Waals surface area contributed by atoms with Crippen LogP contribution in [0, 0.1) is 12.7 Å². The quantitative estimate of drug-likeness (QED) is 0.299. The Balaban J connectivity index is 1.40. The van der Waals surface area contributed by atoms with E-state index >= 15 is 0 Å². The molecule has 1 aliphatic heterocycles. The van der Waals surface area contributed by atoms with Crippen LogP contribution in [0.5, 0.6) is 0 Å². The van der Waals surface area contributed by atoms with Crippen molar-refractivity contribution in [3.05, 3.63) is 137 Å². The Morgan fingerprint density at radius 1 is 0.875 bits per heavy atom. The smallest absolute Gasteiger partial charge is 0.411 e. The van der Waals surface area contributed by atoms with Crippen LogP contribution >= 0.6 is 0 Å². The van der Waals surface area contributed by atoms with Gasteiger partial charge in [-0.1, -0.05) is 72.3 Å². The Bertz CT molecular complexity index is 1510. The average Bonchev–Trinajstić information content (AvgIpc) is 3.29. The molecule has 0 saturated carbocycles. The van der Waals surface area contributed by atoms with Crippen LogP contribution < -0.4 is 10.6 Å². The first-order valence-corrected chi connectivity index (χ1v) is 12.9. The number of amides is 3. The van der Waals surface area contributed by atoms with Crippen molar-refractivity contribution in [2.75, 3.05) is 5.32 Å². The maximum Gasteiger partial charge on any atom is 0.411 e. The number of nitrogens with zero attached hydrogens (tertiary/aromatic N) is 1. The number of halogens is 1. The third-order valence-electron chi connectivity index (χ3n) is 6.72. The minimum atomic E-state index is -0.996. The second-order valence-corrected chi connectivity index (χ2v) is 9.65. The molecule has 0 aromatic heterocycles. The molecule has 3 amide bonds. The normalized spacial score (nSPS) is 16.4. The average molecular weight is 538 g/mol. The highest BCUT2D eigenvalue weighted by Crippen LogP contribution is 2.35. The molecule has 2 atom stereocenters. The summed E-state index contributed by atoms with van der Waals surface area (Å²) in [6.45, 7) is 2.27. The minimum absolute atomic E-state index is 0.0584. The molecule has 4 aromatic carbocycles. The summed E-state index contributed by atoms with van der Waals surface area (Å²) in [7, 11) is 0. The first-order valence-electron chi connectivity index (χ1n) is 12.9. The molecule has 0 radical (unpaired) electrons. The van der Waals surface area contributed by atoms with Gasteiger partial charge < -0.3 is 15.4 Å². The van der Waals surface area contributed by atoms with Gasteiger partial charge in [-0.25, -0.2) is 9.18 Å². The molecule has 0 unspecified atom stereocenters. The van der Waals surface area contributed by atoms with E-state index in [4.69, 9.17) is 4.74 Å². The zero-order valence-corrected chi connectivity index (χ0v) is 21.8. The lowest BCUT2D eigenvalue weighted by atomic mass is 10.00. The lowest BCUT2D eigenvalue weighted by Crippen LogP contribution is -2.46. The molecular weight excluding hydrogens is 509 g/mol. The molecule has 7 nitrogen and oxygen atoms in total. The fourth-order valence-electron chi connectivity index (χ4n) is 4.59. The van der Waals surface area contributed by atoms with Crippen molar-refractivity contribution < 1.29 is 23.5 Å². The van der Waals surface area contributed by atoms with Gasteiger partial charge >= 0.3 is 6.09 Å². The number of benzene rings is 4. The standard InChI is InChI=1S/C32H28FN3O4/c1-21-10-14-24(15-11-21)30(37)35-27-9-5-8-25(18-27)29-28(31(38)34-19-22-6-3-2-4-7-22)36(32(39)40-29)20-23-12-16-26(33)17-13-23/h2-18,28-29H,19-20H2,1H3,(H,34,38)(H,35,37)/t28-,29-/m1/s1.